The van der Waals surface area contributed by atoms with Crippen molar-refractivity contribution < 1.29 is 19.8 Å². The van der Waals surface area contributed by atoms with Crippen LogP contribution in [0.15, 0.2) is 0 Å². The van der Waals surface area contributed by atoms with Gasteiger partial charge in [0, 0.05) is 19.6 Å². The van der Waals surface area contributed by atoms with E-state index >= 15 is 0 Å². The van der Waals surface area contributed by atoms with Crippen LogP contribution in [0.2, 0.25) is 0 Å². The van der Waals surface area contributed by atoms with Crippen LogP contribution in [0.5, 0.6) is 0 Å². The smallest absolute Gasteiger partial charge is 0.326 e. The summed E-state index contributed by atoms with van der Waals surface area (Å²) in [4.78, 5) is 22.3. The molecule has 0 aliphatic carbocycles. The van der Waals surface area contributed by atoms with Gasteiger partial charge in [0.1, 0.15) is 6.04 Å². The molecule has 0 aromatic heterocycles. The van der Waals surface area contributed by atoms with Crippen molar-refractivity contribution in [1.82, 2.24) is 10.6 Å². The lowest BCUT2D eigenvalue weighted by molar-refractivity contribution is -0.139. The monoisotopic (exact) mass is 260 g/mol. The SMILES string of the molecule is CC(C)C(C)(C)CNC(=O)N[C@H](CCO)C(=O)O. The highest BCUT2D eigenvalue weighted by atomic mass is 16.4. The molecule has 106 valence electrons. The number of aliphatic hydroxyl groups is 1. The summed E-state index contributed by atoms with van der Waals surface area (Å²) in [7, 11) is 0. The zero-order chi connectivity index (χ0) is 14.3. The molecule has 6 heteroatoms. The van der Waals surface area contributed by atoms with Crippen LogP contribution in [0.1, 0.15) is 34.1 Å². The highest BCUT2D eigenvalue weighted by molar-refractivity contribution is 5.82. The first-order valence-corrected chi connectivity index (χ1v) is 6.08. The van der Waals surface area contributed by atoms with Crippen LogP contribution in [-0.4, -0.2) is 41.4 Å². The van der Waals surface area contributed by atoms with E-state index in [1.54, 1.807) is 0 Å². The number of carboxylic acids is 1. The molecule has 0 fully saturated rings. The average molecular weight is 260 g/mol. The van der Waals surface area contributed by atoms with Crippen molar-refractivity contribution in [2.75, 3.05) is 13.2 Å². The molecule has 4 N–H and O–H groups in total. The Hall–Kier alpha value is -1.30. The molecule has 0 heterocycles. The van der Waals surface area contributed by atoms with Crippen LogP contribution in [-0.2, 0) is 4.79 Å². The van der Waals surface area contributed by atoms with Crippen molar-refractivity contribution in [3.05, 3.63) is 0 Å². The molecule has 0 aliphatic heterocycles. The summed E-state index contributed by atoms with van der Waals surface area (Å²) >= 11 is 0. The summed E-state index contributed by atoms with van der Waals surface area (Å²) in [5, 5.41) is 22.5. The lowest BCUT2D eigenvalue weighted by atomic mass is 9.81. The Morgan fingerprint density at radius 2 is 1.83 bits per heavy atom. The zero-order valence-corrected chi connectivity index (χ0v) is 11.5. The van der Waals surface area contributed by atoms with Gasteiger partial charge in [-0.1, -0.05) is 27.7 Å². The van der Waals surface area contributed by atoms with Crippen molar-refractivity contribution in [1.29, 1.82) is 0 Å². The molecule has 2 amide bonds. The molecule has 0 rings (SSSR count). The van der Waals surface area contributed by atoms with Crippen molar-refractivity contribution in [3.63, 3.8) is 0 Å². The molecule has 0 radical (unpaired) electrons. The first kappa shape index (κ1) is 16.7. The predicted octanol–water partition coefficient (Wildman–Crippen LogP) is 0.803. The largest absolute Gasteiger partial charge is 0.480 e. The van der Waals surface area contributed by atoms with Crippen molar-refractivity contribution in [2.24, 2.45) is 11.3 Å². The van der Waals surface area contributed by atoms with E-state index < -0.39 is 18.0 Å². The van der Waals surface area contributed by atoms with Crippen molar-refractivity contribution in [3.8, 4) is 0 Å². The van der Waals surface area contributed by atoms with E-state index in [9.17, 15) is 9.59 Å². The third-order valence-electron chi connectivity index (χ3n) is 3.29. The molecule has 18 heavy (non-hydrogen) atoms. The van der Waals surface area contributed by atoms with E-state index in [1.807, 2.05) is 13.8 Å². The van der Waals surface area contributed by atoms with Gasteiger partial charge in [-0.15, -0.1) is 0 Å². The number of hydrogen-bond acceptors (Lipinski definition) is 3. The summed E-state index contributed by atoms with van der Waals surface area (Å²) in [6.07, 6.45) is -0.00364. The fourth-order valence-corrected chi connectivity index (χ4v) is 1.11. The minimum Gasteiger partial charge on any atom is -0.480 e. The molecule has 0 aromatic carbocycles. The van der Waals surface area contributed by atoms with E-state index in [-0.39, 0.29) is 18.4 Å². The fraction of sp³-hybridized carbons (Fsp3) is 0.833. The Bertz CT molecular complexity index is 290. The summed E-state index contributed by atoms with van der Waals surface area (Å²) in [5.41, 5.74) is -0.0625. The lowest BCUT2D eigenvalue weighted by Crippen LogP contribution is -2.48. The summed E-state index contributed by atoms with van der Waals surface area (Å²) in [5.74, 6) is -0.757. The predicted molar refractivity (Wildman–Crippen MR) is 68.3 cm³/mol. The van der Waals surface area contributed by atoms with Gasteiger partial charge < -0.3 is 20.8 Å². The molecule has 1 atom stereocenters. The van der Waals surface area contributed by atoms with E-state index in [0.29, 0.717) is 12.5 Å². The Kier molecular flexibility index (Phi) is 6.68. The van der Waals surface area contributed by atoms with Gasteiger partial charge in [-0.05, 0) is 11.3 Å². The normalized spacial score (nSPS) is 13.2. The number of carbonyl (C=O) groups excluding carboxylic acids is 1. The van der Waals surface area contributed by atoms with Crippen LogP contribution < -0.4 is 10.6 Å². The molecule has 0 saturated carbocycles. The highest BCUT2D eigenvalue weighted by Gasteiger charge is 2.24. The van der Waals surface area contributed by atoms with Gasteiger partial charge in [0.05, 0.1) is 0 Å². The standard InChI is InChI=1S/C12H24N2O4/c1-8(2)12(3,4)7-13-11(18)14-9(5-6-15)10(16)17/h8-9,15H,5-7H2,1-4H3,(H,16,17)(H2,13,14,18)/t9-/m1/s1. The summed E-state index contributed by atoms with van der Waals surface area (Å²) in [6.45, 7) is 8.36. The molecule has 0 saturated heterocycles. The molecule has 0 unspecified atom stereocenters. The van der Waals surface area contributed by atoms with Gasteiger partial charge in [-0.2, -0.15) is 0 Å². The Morgan fingerprint density at radius 1 is 1.28 bits per heavy atom. The first-order valence-electron chi connectivity index (χ1n) is 6.08. The number of rotatable bonds is 7. The molecule has 6 nitrogen and oxygen atoms in total. The van der Waals surface area contributed by atoms with Gasteiger partial charge in [0.2, 0.25) is 0 Å². The number of amides is 2. The maximum Gasteiger partial charge on any atom is 0.326 e. The van der Waals surface area contributed by atoms with Gasteiger partial charge in [-0.3, -0.25) is 0 Å². The average Bonchev–Trinajstić information content (AvgIpc) is 2.25. The van der Waals surface area contributed by atoms with E-state index in [0.717, 1.165) is 0 Å². The minimum absolute atomic E-state index is 0.00364. The highest BCUT2D eigenvalue weighted by Crippen LogP contribution is 2.24. The fourth-order valence-electron chi connectivity index (χ4n) is 1.11. The molecule has 0 aromatic rings. The third kappa shape index (κ3) is 5.86. The first-order chi connectivity index (χ1) is 8.20. The van der Waals surface area contributed by atoms with Gasteiger partial charge >= 0.3 is 12.0 Å². The van der Waals surface area contributed by atoms with Crippen molar-refractivity contribution >= 4 is 12.0 Å². The van der Waals surface area contributed by atoms with Crippen LogP contribution >= 0.6 is 0 Å². The zero-order valence-electron chi connectivity index (χ0n) is 11.5. The lowest BCUT2D eigenvalue weighted by Gasteiger charge is -2.29. The summed E-state index contributed by atoms with van der Waals surface area (Å²) < 4.78 is 0. The number of hydrogen-bond donors (Lipinski definition) is 4. The molecular formula is C12H24N2O4. The van der Waals surface area contributed by atoms with E-state index in [4.69, 9.17) is 10.2 Å². The maximum absolute atomic E-state index is 11.5. The third-order valence-corrected chi connectivity index (χ3v) is 3.29. The van der Waals surface area contributed by atoms with E-state index in [1.165, 1.54) is 0 Å². The number of aliphatic hydroxyl groups excluding tert-OH is 1. The minimum atomic E-state index is -1.15. The maximum atomic E-state index is 11.5. The second-order valence-corrected chi connectivity index (χ2v) is 5.37. The molecule has 0 bridgehead atoms. The van der Waals surface area contributed by atoms with Gasteiger partial charge in [-0.25, -0.2) is 9.59 Å². The number of urea groups is 1. The van der Waals surface area contributed by atoms with Crippen LogP contribution in [0.3, 0.4) is 0 Å². The van der Waals surface area contributed by atoms with Crippen molar-refractivity contribution in [2.45, 2.75) is 40.2 Å². The Labute approximate surface area is 108 Å². The van der Waals surface area contributed by atoms with E-state index in [2.05, 4.69) is 24.5 Å². The number of nitrogens with one attached hydrogen (secondary N) is 2. The number of aliphatic carboxylic acids is 1. The van der Waals surface area contributed by atoms with Gasteiger partial charge in [0.25, 0.3) is 0 Å². The Balaban J connectivity index is 4.22. The van der Waals surface area contributed by atoms with Gasteiger partial charge in [0.15, 0.2) is 0 Å². The number of carboxylic acid groups (broad SMARTS) is 1. The molecular weight excluding hydrogens is 236 g/mol. The Morgan fingerprint density at radius 3 is 2.22 bits per heavy atom. The van der Waals surface area contributed by atoms with Crippen LogP contribution in [0.4, 0.5) is 4.79 Å². The summed E-state index contributed by atoms with van der Waals surface area (Å²) in [6, 6.07) is -1.58. The molecule has 0 spiro atoms. The van der Waals surface area contributed by atoms with Crippen LogP contribution in [0.25, 0.3) is 0 Å². The topological polar surface area (TPSA) is 98.7 Å². The quantitative estimate of drug-likeness (QED) is 0.544. The second kappa shape index (κ2) is 7.20. The molecule has 0 aliphatic rings. The second-order valence-electron chi connectivity index (χ2n) is 5.37. The number of carbonyl (C=O) groups is 2. The van der Waals surface area contributed by atoms with Crippen LogP contribution in [0, 0.1) is 11.3 Å².